The summed E-state index contributed by atoms with van der Waals surface area (Å²) < 4.78 is 0. The van der Waals surface area contributed by atoms with E-state index in [1.807, 2.05) is 25.1 Å². The fraction of sp³-hybridized carbons (Fsp3) is 0.0952. The van der Waals surface area contributed by atoms with Gasteiger partial charge in [-0.15, -0.1) is 11.3 Å². The predicted molar refractivity (Wildman–Crippen MR) is 116 cm³/mol. The zero-order valence-electron chi connectivity index (χ0n) is 15.7. The van der Waals surface area contributed by atoms with Crippen molar-refractivity contribution in [3.8, 4) is 0 Å². The Morgan fingerprint density at radius 2 is 1.52 bits per heavy atom. The highest BCUT2D eigenvalue weighted by Crippen LogP contribution is 2.24. The molecule has 0 saturated heterocycles. The Morgan fingerprint density at radius 3 is 2.28 bits per heavy atom. The molecule has 3 rings (SSSR count). The van der Waals surface area contributed by atoms with Crippen molar-refractivity contribution in [2.45, 2.75) is 6.92 Å². The molecule has 1 aromatic heterocycles. The number of carbonyl (C=O) groups excluding carboxylic acids is 3. The number of urea groups is 1. The van der Waals surface area contributed by atoms with Crippen molar-refractivity contribution in [2.24, 2.45) is 0 Å². The van der Waals surface area contributed by atoms with Crippen LogP contribution in [0.3, 0.4) is 0 Å². The average molecular weight is 408 g/mol. The molecule has 0 bridgehead atoms. The number of hydrogen-bond donors (Lipinski definition) is 4. The van der Waals surface area contributed by atoms with Crippen LogP contribution >= 0.6 is 11.3 Å². The first kappa shape index (κ1) is 20.1. The minimum absolute atomic E-state index is 0.255. The van der Waals surface area contributed by atoms with Crippen LogP contribution in [0.25, 0.3) is 0 Å². The van der Waals surface area contributed by atoms with Crippen LogP contribution in [-0.2, 0) is 0 Å². The molecule has 0 aliphatic heterocycles. The molecule has 4 N–H and O–H groups in total. The van der Waals surface area contributed by atoms with Gasteiger partial charge in [-0.3, -0.25) is 14.9 Å². The van der Waals surface area contributed by atoms with Crippen molar-refractivity contribution in [1.29, 1.82) is 0 Å². The summed E-state index contributed by atoms with van der Waals surface area (Å²) in [6.45, 7) is 2.32. The topological polar surface area (TPSA) is 99.3 Å². The molecule has 8 heteroatoms. The average Bonchev–Trinajstić information content (AvgIpc) is 3.18. The Labute approximate surface area is 172 Å². The number of nitrogens with one attached hydrogen (secondary N) is 4. The van der Waals surface area contributed by atoms with Gasteiger partial charge in [-0.1, -0.05) is 30.3 Å². The molecule has 148 valence electrons. The van der Waals surface area contributed by atoms with Crippen molar-refractivity contribution >= 4 is 45.6 Å². The second kappa shape index (κ2) is 9.52. The van der Waals surface area contributed by atoms with Gasteiger partial charge in [-0.25, -0.2) is 4.79 Å². The summed E-state index contributed by atoms with van der Waals surface area (Å²) in [5.74, 6) is -0.613. The van der Waals surface area contributed by atoms with Crippen LogP contribution in [0.2, 0.25) is 0 Å². The van der Waals surface area contributed by atoms with E-state index in [0.29, 0.717) is 33.4 Å². The zero-order valence-corrected chi connectivity index (χ0v) is 16.5. The summed E-state index contributed by atoms with van der Waals surface area (Å²) in [5.41, 5.74) is 1.48. The number of anilines is 3. The zero-order chi connectivity index (χ0) is 20.6. The first-order valence-corrected chi connectivity index (χ1v) is 9.80. The van der Waals surface area contributed by atoms with Crippen LogP contribution in [0, 0.1) is 0 Å². The molecule has 0 saturated carbocycles. The van der Waals surface area contributed by atoms with E-state index in [4.69, 9.17) is 0 Å². The monoisotopic (exact) mass is 408 g/mol. The highest BCUT2D eigenvalue weighted by molar-refractivity contribution is 7.18. The Hall–Kier alpha value is -3.65. The minimum Gasteiger partial charge on any atom is -0.352 e. The van der Waals surface area contributed by atoms with Gasteiger partial charge >= 0.3 is 6.03 Å². The first-order valence-electron chi connectivity index (χ1n) is 8.98. The molecule has 7 nitrogen and oxygen atoms in total. The Kier molecular flexibility index (Phi) is 6.59. The van der Waals surface area contributed by atoms with Gasteiger partial charge in [0.2, 0.25) is 0 Å². The normalized spacial score (nSPS) is 10.1. The van der Waals surface area contributed by atoms with E-state index in [1.54, 1.807) is 48.5 Å². The Morgan fingerprint density at radius 1 is 0.793 bits per heavy atom. The van der Waals surface area contributed by atoms with Crippen molar-refractivity contribution in [2.75, 3.05) is 22.5 Å². The minimum atomic E-state index is -0.397. The smallest absolute Gasteiger partial charge is 0.324 e. The molecular weight excluding hydrogens is 388 g/mol. The molecule has 3 aromatic rings. The SMILES string of the molecule is CCNC(=O)c1ccccc1NC(=O)c1ccc(NC(=O)Nc2ccccc2)s1. The third kappa shape index (κ3) is 5.43. The van der Waals surface area contributed by atoms with Crippen LogP contribution in [0.15, 0.2) is 66.7 Å². The molecular formula is C21H20N4O3S. The number of thiophene rings is 1. The van der Waals surface area contributed by atoms with E-state index < -0.39 is 6.03 Å². The second-order valence-corrected chi connectivity index (χ2v) is 7.05. The highest BCUT2D eigenvalue weighted by atomic mass is 32.1. The van der Waals surface area contributed by atoms with Crippen molar-refractivity contribution in [3.05, 3.63) is 77.2 Å². The van der Waals surface area contributed by atoms with Crippen molar-refractivity contribution in [3.63, 3.8) is 0 Å². The number of rotatable bonds is 6. The van der Waals surface area contributed by atoms with Gasteiger partial charge in [0.15, 0.2) is 0 Å². The summed E-state index contributed by atoms with van der Waals surface area (Å²) in [4.78, 5) is 37.2. The fourth-order valence-electron chi connectivity index (χ4n) is 2.55. The summed E-state index contributed by atoms with van der Waals surface area (Å²) in [6.07, 6.45) is 0. The number of carbonyl (C=O) groups is 3. The maximum Gasteiger partial charge on any atom is 0.324 e. The largest absolute Gasteiger partial charge is 0.352 e. The van der Waals surface area contributed by atoms with Crippen LogP contribution in [0.5, 0.6) is 0 Å². The van der Waals surface area contributed by atoms with E-state index in [-0.39, 0.29) is 11.8 Å². The number of benzene rings is 2. The summed E-state index contributed by atoms with van der Waals surface area (Å²) >= 11 is 1.14. The molecule has 1 heterocycles. The maximum atomic E-state index is 12.6. The quantitative estimate of drug-likeness (QED) is 0.487. The van der Waals surface area contributed by atoms with Gasteiger partial charge in [-0.2, -0.15) is 0 Å². The molecule has 0 radical (unpaired) electrons. The third-order valence-corrected chi connectivity index (χ3v) is 4.85. The fourth-order valence-corrected chi connectivity index (χ4v) is 3.35. The van der Waals surface area contributed by atoms with E-state index in [0.717, 1.165) is 11.3 Å². The molecule has 0 aliphatic carbocycles. The summed E-state index contributed by atoms with van der Waals surface area (Å²) in [5, 5.41) is 11.4. The predicted octanol–water partition coefficient (Wildman–Crippen LogP) is 4.39. The standard InChI is InChI=1S/C21H20N4O3S/c1-2-22-19(26)15-10-6-7-11-16(15)24-20(27)17-12-13-18(29-17)25-21(28)23-14-8-4-3-5-9-14/h3-13H,2H2,1H3,(H,22,26)(H,24,27)(H2,23,25,28). The van der Waals surface area contributed by atoms with E-state index in [2.05, 4.69) is 21.3 Å². The van der Waals surface area contributed by atoms with Crippen LogP contribution in [0.1, 0.15) is 27.0 Å². The molecule has 0 aliphatic rings. The van der Waals surface area contributed by atoms with Gasteiger partial charge in [-0.05, 0) is 43.3 Å². The van der Waals surface area contributed by atoms with Gasteiger partial charge in [0, 0.05) is 12.2 Å². The Balaban J connectivity index is 1.64. The van der Waals surface area contributed by atoms with E-state index >= 15 is 0 Å². The number of amides is 4. The van der Waals surface area contributed by atoms with Gasteiger partial charge < -0.3 is 16.0 Å². The van der Waals surface area contributed by atoms with Crippen LogP contribution in [0.4, 0.5) is 21.2 Å². The second-order valence-electron chi connectivity index (χ2n) is 5.97. The summed E-state index contributed by atoms with van der Waals surface area (Å²) in [6, 6.07) is 18.7. The third-order valence-electron chi connectivity index (χ3n) is 3.86. The lowest BCUT2D eigenvalue weighted by molar-refractivity contribution is 0.0956. The Bertz CT molecular complexity index is 1020. The lowest BCUT2D eigenvalue weighted by Gasteiger charge is -2.10. The van der Waals surface area contributed by atoms with Gasteiger partial charge in [0.05, 0.1) is 21.1 Å². The molecule has 0 atom stereocenters. The maximum absolute atomic E-state index is 12.6. The molecule has 0 fully saturated rings. The number of para-hydroxylation sites is 2. The van der Waals surface area contributed by atoms with Crippen molar-refractivity contribution < 1.29 is 14.4 Å². The van der Waals surface area contributed by atoms with E-state index in [1.165, 1.54) is 0 Å². The van der Waals surface area contributed by atoms with E-state index in [9.17, 15) is 14.4 Å². The number of hydrogen-bond acceptors (Lipinski definition) is 4. The molecule has 2 aromatic carbocycles. The molecule has 0 spiro atoms. The van der Waals surface area contributed by atoms with Crippen LogP contribution < -0.4 is 21.3 Å². The lowest BCUT2D eigenvalue weighted by atomic mass is 10.1. The molecule has 29 heavy (non-hydrogen) atoms. The van der Waals surface area contributed by atoms with Gasteiger partial charge in [0.25, 0.3) is 11.8 Å². The molecule has 4 amide bonds. The van der Waals surface area contributed by atoms with Crippen LogP contribution in [-0.4, -0.2) is 24.4 Å². The first-order chi connectivity index (χ1) is 14.1. The van der Waals surface area contributed by atoms with Gasteiger partial charge in [0.1, 0.15) is 0 Å². The van der Waals surface area contributed by atoms with Crippen molar-refractivity contribution in [1.82, 2.24) is 5.32 Å². The highest BCUT2D eigenvalue weighted by Gasteiger charge is 2.15. The lowest BCUT2D eigenvalue weighted by Crippen LogP contribution is -2.24. The summed E-state index contributed by atoms with van der Waals surface area (Å²) in [7, 11) is 0. The molecule has 0 unspecified atom stereocenters.